The minimum absolute atomic E-state index is 0.0146. The van der Waals surface area contributed by atoms with Crippen LogP contribution >= 0.6 is 11.6 Å². The minimum Gasteiger partial charge on any atom is -0.277 e. The van der Waals surface area contributed by atoms with Crippen molar-refractivity contribution in [2.45, 2.75) is 6.54 Å². The standard InChI is InChI=1S/C18H11ClN4O/c19-14-6-8-15(9-7-14)23-17(11-21)16(10-20)22(18(23)24)12-13-4-2-1-3-5-13/h1-9H,12H2. The molecule has 0 saturated carbocycles. The Morgan fingerprint density at radius 1 is 0.917 bits per heavy atom. The van der Waals surface area contributed by atoms with Crippen molar-refractivity contribution < 1.29 is 0 Å². The molecule has 0 amide bonds. The summed E-state index contributed by atoms with van der Waals surface area (Å²) in [6.07, 6.45) is 0. The van der Waals surface area contributed by atoms with Crippen LogP contribution < -0.4 is 5.69 Å². The molecule has 1 aromatic heterocycles. The van der Waals surface area contributed by atoms with Crippen molar-refractivity contribution in [2.75, 3.05) is 0 Å². The summed E-state index contributed by atoms with van der Waals surface area (Å²) in [5.41, 5.74) is 0.981. The Bertz CT molecular complexity index is 1020. The highest BCUT2D eigenvalue weighted by molar-refractivity contribution is 6.30. The molecule has 3 aromatic rings. The lowest BCUT2D eigenvalue weighted by Crippen LogP contribution is -2.24. The molecule has 0 aliphatic carbocycles. The van der Waals surface area contributed by atoms with Gasteiger partial charge in [0, 0.05) is 5.02 Å². The number of benzene rings is 2. The van der Waals surface area contributed by atoms with Crippen molar-refractivity contribution in [3.05, 3.63) is 87.1 Å². The molecule has 5 nitrogen and oxygen atoms in total. The fourth-order valence-corrected chi connectivity index (χ4v) is 2.63. The molecule has 116 valence electrons. The van der Waals surface area contributed by atoms with E-state index in [2.05, 4.69) is 0 Å². The molecule has 0 bridgehead atoms. The number of hydrogen-bond donors (Lipinski definition) is 0. The third-order valence-corrected chi connectivity index (χ3v) is 3.87. The fraction of sp³-hybridized carbons (Fsp3) is 0.0556. The SMILES string of the molecule is N#Cc1c(C#N)n(-c2ccc(Cl)cc2)c(=O)n1Cc1ccccc1. The number of rotatable bonds is 3. The van der Waals surface area contributed by atoms with Crippen LogP contribution in [0.25, 0.3) is 5.69 Å². The molecular formula is C18H11ClN4O. The van der Waals surface area contributed by atoms with E-state index in [0.717, 1.165) is 5.56 Å². The van der Waals surface area contributed by atoms with Crippen molar-refractivity contribution in [2.24, 2.45) is 0 Å². The van der Waals surface area contributed by atoms with Gasteiger partial charge in [0.15, 0.2) is 11.4 Å². The summed E-state index contributed by atoms with van der Waals surface area (Å²) in [7, 11) is 0. The first-order valence-electron chi connectivity index (χ1n) is 7.11. The van der Waals surface area contributed by atoms with E-state index in [9.17, 15) is 15.3 Å². The number of halogens is 1. The topological polar surface area (TPSA) is 74.5 Å². The Morgan fingerprint density at radius 2 is 1.54 bits per heavy atom. The van der Waals surface area contributed by atoms with Gasteiger partial charge in [0.2, 0.25) is 0 Å². The smallest absolute Gasteiger partial charge is 0.277 e. The van der Waals surface area contributed by atoms with Crippen molar-refractivity contribution >= 4 is 11.6 Å². The van der Waals surface area contributed by atoms with Gasteiger partial charge in [-0.2, -0.15) is 10.5 Å². The lowest BCUT2D eigenvalue weighted by atomic mass is 10.2. The summed E-state index contributed by atoms with van der Waals surface area (Å²) in [5, 5.41) is 19.4. The van der Waals surface area contributed by atoms with Crippen molar-refractivity contribution in [1.29, 1.82) is 10.5 Å². The predicted molar refractivity (Wildman–Crippen MR) is 90.0 cm³/mol. The van der Waals surface area contributed by atoms with Crippen molar-refractivity contribution in [3.63, 3.8) is 0 Å². The quantitative estimate of drug-likeness (QED) is 0.738. The van der Waals surface area contributed by atoms with E-state index in [1.165, 1.54) is 9.13 Å². The van der Waals surface area contributed by atoms with Crippen LogP contribution in [0, 0.1) is 22.7 Å². The lowest BCUT2D eigenvalue weighted by molar-refractivity contribution is 0.734. The maximum Gasteiger partial charge on any atom is 0.335 e. The number of imidazole rings is 1. The summed E-state index contributed by atoms with van der Waals surface area (Å²) >= 11 is 5.87. The van der Waals surface area contributed by atoms with Gasteiger partial charge in [-0.1, -0.05) is 41.9 Å². The van der Waals surface area contributed by atoms with Crippen LogP contribution in [0.3, 0.4) is 0 Å². The van der Waals surface area contributed by atoms with E-state index in [0.29, 0.717) is 10.7 Å². The van der Waals surface area contributed by atoms with Crippen LogP contribution in [0.15, 0.2) is 59.4 Å². The molecule has 0 radical (unpaired) electrons. The summed E-state index contributed by atoms with van der Waals surface area (Å²) in [6.45, 7) is 0.220. The Balaban J connectivity index is 2.21. The second kappa shape index (κ2) is 6.45. The van der Waals surface area contributed by atoms with E-state index in [4.69, 9.17) is 11.6 Å². The molecule has 3 rings (SSSR count). The van der Waals surface area contributed by atoms with E-state index in [1.54, 1.807) is 24.3 Å². The molecule has 0 spiro atoms. The third kappa shape index (κ3) is 2.69. The molecule has 0 aliphatic heterocycles. The maximum atomic E-state index is 12.8. The van der Waals surface area contributed by atoms with Gasteiger partial charge in [-0.3, -0.25) is 9.13 Å². The van der Waals surface area contributed by atoms with Gasteiger partial charge in [-0.25, -0.2) is 4.79 Å². The average Bonchev–Trinajstić information content (AvgIpc) is 2.88. The van der Waals surface area contributed by atoms with Crippen LogP contribution in [0.2, 0.25) is 5.02 Å². The fourth-order valence-electron chi connectivity index (χ4n) is 2.50. The van der Waals surface area contributed by atoms with E-state index in [-0.39, 0.29) is 17.9 Å². The van der Waals surface area contributed by atoms with E-state index in [1.807, 2.05) is 42.5 Å². The van der Waals surface area contributed by atoms with Crippen LogP contribution in [0.4, 0.5) is 0 Å². The van der Waals surface area contributed by atoms with Gasteiger partial charge in [-0.05, 0) is 29.8 Å². The molecule has 0 aliphatic rings. The van der Waals surface area contributed by atoms with Crippen molar-refractivity contribution in [3.8, 4) is 17.8 Å². The second-order valence-electron chi connectivity index (χ2n) is 5.09. The van der Waals surface area contributed by atoms with Crippen molar-refractivity contribution in [1.82, 2.24) is 9.13 Å². The largest absolute Gasteiger partial charge is 0.335 e. The average molecular weight is 335 g/mol. The molecule has 0 atom stereocenters. The maximum absolute atomic E-state index is 12.8. The number of nitrogens with zero attached hydrogens (tertiary/aromatic N) is 4. The Labute approximate surface area is 143 Å². The monoisotopic (exact) mass is 334 g/mol. The highest BCUT2D eigenvalue weighted by Gasteiger charge is 2.21. The van der Waals surface area contributed by atoms with Gasteiger partial charge in [0.25, 0.3) is 0 Å². The van der Waals surface area contributed by atoms with Gasteiger partial charge < -0.3 is 0 Å². The first-order valence-corrected chi connectivity index (χ1v) is 7.49. The van der Waals surface area contributed by atoms with Crippen LogP contribution in [0.5, 0.6) is 0 Å². The van der Waals surface area contributed by atoms with Crippen LogP contribution in [0.1, 0.15) is 17.0 Å². The second-order valence-corrected chi connectivity index (χ2v) is 5.52. The molecule has 0 unspecified atom stereocenters. The van der Waals surface area contributed by atoms with Crippen LogP contribution in [-0.4, -0.2) is 9.13 Å². The Kier molecular flexibility index (Phi) is 4.20. The molecule has 2 aromatic carbocycles. The lowest BCUT2D eigenvalue weighted by Gasteiger charge is -2.03. The summed E-state index contributed by atoms with van der Waals surface area (Å²) in [5.74, 6) is 0. The molecule has 0 saturated heterocycles. The third-order valence-electron chi connectivity index (χ3n) is 3.62. The number of nitriles is 2. The Morgan fingerprint density at radius 3 is 2.12 bits per heavy atom. The Hall–Kier alpha value is -3.28. The zero-order valence-corrected chi connectivity index (χ0v) is 13.2. The number of hydrogen-bond acceptors (Lipinski definition) is 3. The molecule has 24 heavy (non-hydrogen) atoms. The molecule has 6 heteroatoms. The van der Waals surface area contributed by atoms with E-state index < -0.39 is 5.69 Å². The summed E-state index contributed by atoms with van der Waals surface area (Å²) < 4.78 is 2.54. The highest BCUT2D eigenvalue weighted by Crippen LogP contribution is 2.17. The summed E-state index contributed by atoms with van der Waals surface area (Å²) in [4.78, 5) is 12.8. The van der Waals surface area contributed by atoms with Gasteiger partial charge in [0.05, 0.1) is 12.2 Å². The first kappa shape index (κ1) is 15.6. The molecule has 1 heterocycles. The predicted octanol–water partition coefficient (Wildman–Crippen LogP) is 3.08. The van der Waals surface area contributed by atoms with Crippen LogP contribution in [-0.2, 0) is 6.54 Å². The normalized spacial score (nSPS) is 10.1. The minimum atomic E-state index is -0.436. The zero-order valence-electron chi connectivity index (χ0n) is 12.5. The first-order chi connectivity index (χ1) is 11.7. The molecule has 0 N–H and O–H groups in total. The highest BCUT2D eigenvalue weighted by atomic mass is 35.5. The van der Waals surface area contributed by atoms with Gasteiger partial charge in [0.1, 0.15) is 12.1 Å². The molecular weight excluding hydrogens is 324 g/mol. The summed E-state index contributed by atoms with van der Waals surface area (Å²) in [6, 6.07) is 19.8. The zero-order chi connectivity index (χ0) is 17.1. The molecule has 0 fully saturated rings. The number of aromatic nitrogens is 2. The van der Waals surface area contributed by atoms with Gasteiger partial charge >= 0.3 is 5.69 Å². The van der Waals surface area contributed by atoms with Gasteiger partial charge in [-0.15, -0.1) is 0 Å². The van der Waals surface area contributed by atoms with E-state index >= 15 is 0 Å².